The van der Waals surface area contributed by atoms with Gasteiger partial charge in [0.25, 0.3) is 0 Å². The molecule has 1 amide bonds. The molecule has 0 aromatic rings. The second-order valence-electron chi connectivity index (χ2n) is 8.13. The van der Waals surface area contributed by atoms with Crippen LogP contribution in [0.15, 0.2) is 0 Å². The van der Waals surface area contributed by atoms with Crippen molar-refractivity contribution in [2.24, 2.45) is 5.73 Å². The molecule has 0 aliphatic carbocycles. The molecule has 0 rings (SSSR count). The van der Waals surface area contributed by atoms with E-state index in [9.17, 15) is 9.59 Å². The van der Waals surface area contributed by atoms with E-state index in [-0.39, 0.29) is 18.7 Å². The SMILES string of the molecule is CCCCCCCCCCCCCCCCCCNC(=O)[C@@H](N)CCC(=O)O. The van der Waals surface area contributed by atoms with Gasteiger partial charge in [0.05, 0.1) is 6.04 Å². The highest BCUT2D eigenvalue weighted by atomic mass is 16.4. The van der Waals surface area contributed by atoms with Gasteiger partial charge in [-0.15, -0.1) is 0 Å². The summed E-state index contributed by atoms with van der Waals surface area (Å²) >= 11 is 0. The van der Waals surface area contributed by atoms with Crippen molar-refractivity contribution < 1.29 is 14.7 Å². The fourth-order valence-corrected chi connectivity index (χ4v) is 3.43. The largest absolute Gasteiger partial charge is 0.481 e. The second kappa shape index (κ2) is 20.6. The summed E-state index contributed by atoms with van der Waals surface area (Å²) in [5, 5.41) is 11.4. The zero-order valence-corrected chi connectivity index (χ0v) is 18.4. The Balaban J connectivity index is 3.21. The maximum absolute atomic E-state index is 11.7. The first-order valence-electron chi connectivity index (χ1n) is 11.8. The molecule has 0 aromatic carbocycles. The lowest BCUT2D eigenvalue weighted by Crippen LogP contribution is -2.41. The van der Waals surface area contributed by atoms with E-state index >= 15 is 0 Å². The molecule has 0 fully saturated rings. The number of carbonyl (C=O) groups is 2. The van der Waals surface area contributed by atoms with Crippen molar-refractivity contribution in [3.8, 4) is 0 Å². The van der Waals surface area contributed by atoms with Crippen LogP contribution in [-0.2, 0) is 9.59 Å². The molecule has 5 heteroatoms. The van der Waals surface area contributed by atoms with Crippen LogP contribution in [0.25, 0.3) is 0 Å². The quantitative estimate of drug-likeness (QED) is 0.221. The number of rotatable bonds is 21. The average Bonchev–Trinajstić information content (AvgIpc) is 2.68. The molecule has 0 saturated carbocycles. The topological polar surface area (TPSA) is 92.4 Å². The molecule has 28 heavy (non-hydrogen) atoms. The lowest BCUT2D eigenvalue weighted by atomic mass is 10.0. The van der Waals surface area contributed by atoms with E-state index in [4.69, 9.17) is 10.8 Å². The Hall–Kier alpha value is -1.10. The lowest BCUT2D eigenvalue weighted by Gasteiger charge is -2.11. The molecule has 0 saturated heterocycles. The maximum Gasteiger partial charge on any atom is 0.303 e. The molecular formula is C23H46N2O3. The second-order valence-corrected chi connectivity index (χ2v) is 8.13. The summed E-state index contributed by atoms with van der Waals surface area (Å²) in [6.45, 7) is 2.91. The predicted molar refractivity (Wildman–Crippen MR) is 117 cm³/mol. The molecule has 4 N–H and O–H groups in total. The summed E-state index contributed by atoms with van der Waals surface area (Å²) in [6, 6.07) is -0.711. The first kappa shape index (κ1) is 26.9. The highest BCUT2D eigenvalue weighted by molar-refractivity contribution is 5.82. The number of nitrogens with two attached hydrogens (primary N) is 1. The Morgan fingerprint density at radius 3 is 1.54 bits per heavy atom. The number of carboxylic acids is 1. The fourth-order valence-electron chi connectivity index (χ4n) is 3.43. The number of carbonyl (C=O) groups excluding carboxylic acids is 1. The van der Waals surface area contributed by atoms with Crippen LogP contribution < -0.4 is 11.1 Å². The van der Waals surface area contributed by atoms with Gasteiger partial charge in [-0.25, -0.2) is 0 Å². The van der Waals surface area contributed by atoms with Crippen LogP contribution in [0.4, 0.5) is 0 Å². The summed E-state index contributed by atoms with van der Waals surface area (Å²) in [4.78, 5) is 22.2. The van der Waals surface area contributed by atoms with Gasteiger partial charge in [0.2, 0.25) is 5.91 Å². The first-order valence-corrected chi connectivity index (χ1v) is 11.8. The van der Waals surface area contributed by atoms with Crippen LogP contribution in [0, 0.1) is 0 Å². The lowest BCUT2D eigenvalue weighted by molar-refractivity contribution is -0.137. The van der Waals surface area contributed by atoms with Crippen molar-refractivity contribution in [1.29, 1.82) is 0 Å². The molecule has 0 radical (unpaired) electrons. The van der Waals surface area contributed by atoms with Gasteiger partial charge >= 0.3 is 5.97 Å². The van der Waals surface area contributed by atoms with E-state index in [0.717, 1.165) is 12.8 Å². The summed E-state index contributed by atoms with van der Waals surface area (Å²) in [5.41, 5.74) is 5.66. The Morgan fingerprint density at radius 2 is 1.14 bits per heavy atom. The molecule has 5 nitrogen and oxygen atoms in total. The van der Waals surface area contributed by atoms with Crippen molar-refractivity contribution in [3.63, 3.8) is 0 Å². The number of hydrogen-bond acceptors (Lipinski definition) is 3. The maximum atomic E-state index is 11.7. The van der Waals surface area contributed by atoms with Crippen LogP contribution in [0.3, 0.4) is 0 Å². The van der Waals surface area contributed by atoms with Crippen molar-refractivity contribution in [1.82, 2.24) is 5.32 Å². The van der Waals surface area contributed by atoms with Gasteiger partial charge in [-0.2, -0.15) is 0 Å². The average molecular weight is 399 g/mol. The fraction of sp³-hybridized carbons (Fsp3) is 0.913. The van der Waals surface area contributed by atoms with Crippen LogP contribution in [-0.4, -0.2) is 29.6 Å². The highest BCUT2D eigenvalue weighted by Gasteiger charge is 2.13. The highest BCUT2D eigenvalue weighted by Crippen LogP contribution is 2.13. The van der Waals surface area contributed by atoms with E-state index in [0.29, 0.717) is 6.54 Å². The van der Waals surface area contributed by atoms with E-state index in [2.05, 4.69) is 12.2 Å². The van der Waals surface area contributed by atoms with Crippen LogP contribution in [0.2, 0.25) is 0 Å². The number of aliphatic carboxylic acids is 1. The van der Waals surface area contributed by atoms with Crippen LogP contribution in [0.1, 0.15) is 122 Å². The van der Waals surface area contributed by atoms with Gasteiger partial charge in [-0.05, 0) is 12.8 Å². The molecule has 166 valence electrons. The molecule has 0 unspecified atom stereocenters. The van der Waals surface area contributed by atoms with Crippen molar-refractivity contribution in [2.45, 2.75) is 129 Å². The van der Waals surface area contributed by atoms with Crippen LogP contribution in [0.5, 0.6) is 0 Å². The number of nitrogens with one attached hydrogen (secondary N) is 1. The van der Waals surface area contributed by atoms with Crippen molar-refractivity contribution >= 4 is 11.9 Å². The molecular weight excluding hydrogens is 352 g/mol. The van der Waals surface area contributed by atoms with E-state index < -0.39 is 12.0 Å². The van der Waals surface area contributed by atoms with E-state index in [1.807, 2.05) is 0 Å². The third kappa shape index (κ3) is 19.7. The van der Waals surface area contributed by atoms with E-state index in [1.165, 1.54) is 89.9 Å². The monoisotopic (exact) mass is 398 g/mol. The molecule has 0 heterocycles. The minimum atomic E-state index is -0.916. The Bertz CT molecular complexity index is 375. The Labute approximate surface area is 173 Å². The summed E-state index contributed by atoms with van der Waals surface area (Å²) in [7, 11) is 0. The Kier molecular flexibility index (Phi) is 19.8. The third-order valence-electron chi connectivity index (χ3n) is 5.34. The van der Waals surface area contributed by atoms with Crippen molar-refractivity contribution in [2.75, 3.05) is 6.54 Å². The van der Waals surface area contributed by atoms with Crippen LogP contribution >= 0.6 is 0 Å². The van der Waals surface area contributed by atoms with Gasteiger partial charge in [0.1, 0.15) is 0 Å². The molecule has 0 bridgehead atoms. The van der Waals surface area contributed by atoms with Gasteiger partial charge in [0, 0.05) is 13.0 Å². The minimum absolute atomic E-state index is 0.0619. The number of unbranched alkanes of at least 4 members (excludes halogenated alkanes) is 15. The molecule has 0 spiro atoms. The smallest absolute Gasteiger partial charge is 0.303 e. The summed E-state index contributed by atoms with van der Waals surface area (Å²) < 4.78 is 0. The summed E-state index contributed by atoms with van der Waals surface area (Å²) in [5.74, 6) is -1.15. The number of carboxylic acid groups (broad SMARTS) is 1. The molecule has 0 aliphatic rings. The zero-order valence-electron chi connectivity index (χ0n) is 18.4. The summed E-state index contributed by atoms with van der Waals surface area (Å²) in [6.07, 6.45) is 21.4. The van der Waals surface area contributed by atoms with Gasteiger partial charge in [-0.3, -0.25) is 9.59 Å². The zero-order chi connectivity index (χ0) is 20.9. The standard InChI is InChI=1S/C23H46N2O3/c1-2-3-4-5-6-7-8-9-10-11-12-13-14-15-16-17-20-25-23(28)21(24)18-19-22(26)27/h21H,2-20,24H2,1H3,(H,25,28)(H,26,27)/t21-/m0/s1. The van der Waals surface area contributed by atoms with Gasteiger partial charge < -0.3 is 16.2 Å². The van der Waals surface area contributed by atoms with E-state index in [1.54, 1.807) is 0 Å². The van der Waals surface area contributed by atoms with Gasteiger partial charge in [0.15, 0.2) is 0 Å². The third-order valence-corrected chi connectivity index (χ3v) is 5.34. The normalized spacial score (nSPS) is 12.1. The number of amides is 1. The minimum Gasteiger partial charge on any atom is -0.481 e. The molecule has 0 aromatic heterocycles. The molecule has 1 atom stereocenters. The predicted octanol–water partition coefficient (Wildman–Crippen LogP) is 5.56. The molecule has 0 aliphatic heterocycles. The van der Waals surface area contributed by atoms with Gasteiger partial charge in [-0.1, -0.05) is 103 Å². The first-order chi connectivity index (χ1) is 13.6. The Morgan fingerprint density at radius 1 is 0.750 bits per heavy atom. The van der Waals surface area contributed by atoms with Crippen molar-refractivity contribution in [3.05, 3.63) is 0 Å². The number of hydrogen-bond donors (Lipinski definition) is 3.